The zero-order chi connectivity index (χ0) is 15.2. The van der Waals surface area contributed by atoms with Crippen molar-refractivity contribution in [2.24, 2.45) is 0 Å². The van der Waals surface area contributed by atoms with E-state index in [0.717, 1.165) is 0 Å². The van der Waals surface area contributed by atoms with Gasteiger partial charge in [0.05, 0.1) is 5.50 Å². The Morgan fingerprint density at radius 3 is 2.40 bits per heavy atom. The summed E-state index contributed by atoms with van der Waals surface area (Å²) in [6.07, 6.45) is 0.0228. The Hall–Kier alpha value is -1.04. The van der Waals surface area contributed by atoms with Crippen LogP contribution in [-0.4, -0.2) is 23.1 Å². The summed E-state index contributed by atoms with van der Waals surface area (Å²) >= 11 is 11.3. The Kier molecular flexibility index (Phi) is 6.53. The van der Waals surface area contributed by atoms with Crippen LogP contribution in [0.4, 0.5) is 0 Å². The van der Waals surface area contributed by atoms with Gasteiger partial charge in [-0.2, -0.15) is 4.98 Å². The number of hydrogen-bond donors (Lipinski definition) is 1. The molecular formula is C13H15BCl2N2O2. The summed E-state index contributed by atoms with van der Waals surface area (Å²) in [5.74, 6) is 0.709. The zero-order valence-electron chi connectivity index (χ0n) is 11.3. The smallest absolute Gasteiger partial charge is 0.241 e. The molecule has 1 heterocycles. The summed E-state index contributed by atoms with van der Waals surface area (Å²) < 4.78 is 4.83. The fourth-order valence-corrected chi connectivity index (χ4v) is 1.73. The molecule has 4 nitrogen and oxygen atoms in total. The Bertz CT molecular complexity index is 529. The van der Waals surface area contributed by atoms with Crippen LogP contribution >= 0.6 is 23.2 Å². The number of aliphatic hydroxyl groups is 1. The quantitative estimate of drug-likeness (QED) is 0.696. The highest BCUT2D eigenvalue weighted by Gasteiger charge is 2.25. The zero-order valence-corrected chi connectivity index (χ0v) is 12.8. The molecule has 2 aromatic rings. The normalized spacial score (nSPS) is 13.2. The molecule has 1 aromatic heterocycles. The first-order valence-electron chi connectivity index (χ1n) is 6.16. The highest BCUT2D eigenvalue weighted by molar-refractivity contribution is 6.30. The first kappa shape index (κ1) is 17.0. The maximum Gasteiger partial charge on any atom is 0.241 e. The topological polar surface area (TPSA) is 59.2 Å². The molecule has 0 bridgehead atoms. The number of benzene rings is 1. The summed E-state index contributed by atoms with van der Waals surface area (Å²) in [7, 11) is 5.83. The van der Waals surface area contributed by atoms with Crippen molar-refractivity contribution in [1.82, 2.24) is 10.1 Å². The molecule has 20 heavy (non-hydrogen) atoms. The lowest BCUT2D eigenvalue weighted by atomic mass is 9.73. The van der Waals surface area contributed by atoms with Crippen LogP contribution in [0.1, 0.15) is 31.1 Å². The third-order valence-corrected chi connectivity index (χ3v) is 2.88. The van der Waals surface area contributed by atoms with Gasteiger partial charge < -0.3 is 9.63 Å². The minimum atomic E-state index is -1.59. The van der Waals surface area contributed by atoms with Gasteiger partial charge in [-0.1, -0.05) is 42.7 Å². The van der Waals surface area contributed by atoms with Crippen LogP contribution in [-0.2, 0) is 17.8 Å². The van der Waals surface area contributed by atoms with E-state index in [9.17, 15) is 5.11 Å². The van der Waals surface area contributed by atoms with Gasteiger partial charge in [0.2, 0.25) is 5.89 Å². The van der Waals surface area contributed by atoms with E-state index in [-0.39, 0.29) is 12.3 Å². The van der Waals surface area contributed by atoms with Gasteiger partial charge in [0.25, 0.3) is 0 Å². The fourth-order valence-electron chi connectivity index (χ4n) is 1.50. The van der Waals surface area contributed by atoms with Gasteiger partial charge in [-0.25, -0.2) is 0 Å². The molecular weight excluding hydrogens is 298 g/mol. The van der Waals surface area contributed by atoms with Crippen molar-refractivity contribution >= 4 is 31.0 Å². The first-order valence-corrected chi connectivity index (χ1v) is 7.07. The summed E-state index contributed by atoms with van der Waals surface area (Å²) in [5, 5.41) is 14.4. The minimum absolute atomic E-state index is 0.0228. The minimum Gasteiger partial charge on any atom is -0.395 e. The summed E-state index contributed by atoms with van der Waals surface area (Å²) in [4.78, 5) is 3.98. The molecule has 0 saturated heterocycles. The summed E-state index contributed by atoms with van der Waals surface area (Å²) in [6.45, 7) is 4.00. The van der Waals surface area contributed by atoms with Crippen molar-refractivity contribution in [3.05, 3.63) is 46.6 Å². The second-order valence-corrected chi connectivity index (χ2v) is 4.55. The summed E-state index contributed by atoms with van der Waals surface area (Å²) in [6, 6.07) is 6.58. The Balaban J connectivity index is 0.000000956. The van der Waals surface area contributed by atoms with Crippen molar-refractivity contribution in [1.29, 1.82) is 0 Å². The average molecular weight is 313 g/mol. The van der Waals surface area contributed by atoms with Gasteiger partial charge in [-0.05, 0) is 17.7 Å². The molecule has 0 amide bonds. The van der Waals surface area contributed by atoms with E-state index in [4.69, 9.17) is 35.6 Å². The third kappa shape index (κ3) is 4.51. The number of nitrogens with zero attached hydrogens (tertiary/aromatic N) is 2. The standard InChI is InChI=1S/C11H9BCl2N2O2.C2H6/c12-11(17,7-1-3-8(14)4-2-7)5-9-15-10(6-13)18-16-9;1-2/h1-4,17H,5-6H2;1-2H3. The lowest BCUT2D eigenvalue weighted by Crippen LogP contribution is -2.29. The highest BCUT2D eigenvalue weighted by atomic mass is 35.5. The molecule has 0 aliphatic heterocycles. The Morgan fingerprint density at radius 1 is 1.30 bits per heavy atom. The predicted molar refractivity (Wildman–Crippen MR) is 80.0 cm³/mol. The molecule has 0 aliphatic carbocycles. The van der Waals surface area contributed by atoms with Gasteiger partial charge in [0.15, 0.2) is 5.82 Å². The maximum atomic E-state index is 10.2. The van der Waals surface area contributed by atoms with Crippen molar-refractivity contribution < 1.29 is 9.63 Å². The molecule has 0 spiro atoms. The molecule has 1 atom stereocenters. The number of hydrogen-bond acceptors (Lipinski definition) is 4. The number of rotatable bonds is 4. The molecule has 1 N–H and O–H groups in total. The number of aromatic nitrogens is 2. The molecule has 1 unspecified atom stereocenters. The largest absolute Gasteiger partial charge is 0.395 e. The predicted octanol–water partition coefficient (Wildman–Crippen LogP) is 3.04. The number of alkyl halides is 1. The Morgan fingerprint density at radius 2 is 1.90 bits per heavy atom. The fraction of sp³-hybridized carbons (Fsp3) is 0.385. The molecule has 7 heteroatoms. The van der Waals surface area contributed by atoms with E-state index in [2.05, 4.69) is 10.1 Å². The van der Waals surface area contributed by atoms with Gasteiger partial charge in [-0.15, -0.1) is 11.6 Å². The van der Waals surface area contributed by atoms with Gasteiger partial charge >= 0.3 is 0 Å². The molecule has 106 valence electrons. The van der Waals surface area contributed by atoms with Crippen LogP contribution in [0.15, 0.2) is 28.8 Å². The molecule has 0 fully saturated rings. The Labute approximate surface area is 129 Å². The van der Waals surface area contributed by atoms with Crippen molar-refractivity contribution in [2.45, 2.75) is 31.6 Å². The van der Waals surface area contributed by atoms with Gasteiger partial charge in [-0.3, -0.25) is 0 Å². The van der Waals surface area contributed by atoms with Crippen LogP contribution in [0.2, 0.25) is 5.02 Å². The van der Waals surface area contributed by atoms with Crippen molar-refractivity contribution in [3.8, 4) is 0 Å². The van der Waals surface area contributed by atoms with E-state index in [1.807, 2.05) is 13.8 Å². The van der Waals surface area contributed by atoms with Crippen LogP contribution in [0.3, 0.4) is 0 Å². The monoisotopic (exact) mass is 312 g/mol. The van der Waals surface area contributed by atoms with E-state index in [0.29, 0.717) is 22.3 Å². The second-order valence-electron chi connectivity index (χ2n) is 3.85. The van der Waals surface area contributed by atoms with Crippen LogP contribution in [0.5, 0.6) is 0 Å². The van der Waals surface area contributed by atoms with Gasteiger partial charge in [0, 0.05) is 11.4 Å². The molecule has 2 rings (SSSR count). The van der Waals surface area contributed by atoms with Crippen LogP contribution in [0, 0.1) is 0 Å². The molecule has 0 saturated carbocycles. The maximum absolute atomic E-state index is 10.2. The molecule has 2 radical (unpaired) electrons. The summed E-state index contributed by atoms with van der Waals surface area (Å²) in [5.41, 5.74) is -1.07. The van der Waals surface area contributed by atoms with Crippen molar-refractivity contribution in [3.63, 3.8) is 0 Å². The lowest BCUT2D eigenvalue weighted by Gasteiger charge is -2.22. The molecule has 0 aliphatic rings. The van der Waals surface area contributed by atoms with Crippen molar-refractivity contribution in [2.75, 3.05) is 0 Å². The second kappa shape index (κ2) is 7.67. The van der Waals surface area contributed by atoms with E-state index >= 15 is 0 Å². The van der Waals surface area contributed by atoms with E-state index in [1.165, 1.54) is 0 Å². The third-order valence-electron chi connectivity index (χ3n) is 2.40. The SMILES string of the molecule is CC.[B]C(O)(Cc1noc(CCl)n1)c1ccc(Cl)cc1. The number of halogens is 2. The first-order chi connectivity index (χ1) is 9.51. The highest BCUT2D eigenvalue weighted by Crippen LogP contribution is 2.23. The van der Waals surface area contributed by atoms with E-state index < -0.39 is 5.50 Å². The van der Waals surface area contributed by atoms with E-state index in [1.54, 1.807) is 24.3 Å². The van der Waals surface area contributed by atoms with Crippen LogP contribution in [0.25, 0.3) is 0 Å². The van der Waals surface area contributed by atoms with Crippen LogP contribution < -0.4 is 0 Å². The van der Waals surface area contributed by atoms with Gasteiger partial charge in [0.1, 0.15) is 13.7 Å². The average Bonchev–Trinajstić information content (AvgIpc) is 2.88. The molecule has 1 aromatic carbocycles. The lowest BCUT2D eigenvalue weighted by molar-refractivity contribution is 0.125.